The van der Waals surface area contributed by atoms with Gasteiger partial charge in [-0.25, -0.2) is 4.79 Å². The van der Waals surface area contributed by atoms with Gasteiger partial charge in [0.2, 0.25) is 0 Å². The summed E-state index contributed by atoms with van der Waals surface area (Å²) in [6.45, 7) is 4.69. The van der Waals surface area contributed by atoms with Gasteiger partial charge >= 0.3 is 5.97 Å². The van der Waals surface area contributed by atoms with Gasteiger partial charge in [-0.2, -0.15) is 0 Å². The number of esters is 1. The van der Waals surface area contributed by atoms with E-state index >= 15 is 0 Å². The first-order valence-corrected chi connectivity index (χ1v) is 8.81. The Balaban J connectivity index is 1.62. The highest BCUT2D eigenvalue weighted by molar-refractivity contribution is 7.12. The normalized spacial score (nSPS) is 10.2. The highest BCUT2D eigenvalue weighted by atomic mass is 32.1. The topological polar surface area (TPSA) is 73.9 Å². The molecule has 6 nitrogen and oxygen atoms in total. The van der Waals surface area contributed by atoms with E-state index in [0.717, 1.165) is 11.3 Å². The molecule has 0 aliphatic heterocycles. The monoisotopic (exact) mass is 363 g/mol. The Morgan fingerprint density at radius 1 is 1.08 bits per heavy atom. The van der Waals surface area contributed by atoms with Crippen LogP contribution in [-0.4, -0.2) is 38.2 Å². The molecule has 1 aromatic heterocycles. The van der Waals surface area contributed by atoms with E-state index in [4.69, 9.17) is 14.2 Å². The number of thiophene rings is 1. The van der Waals surface area contributed by atoms with Crippen molar-refractivity contribution < 1.29 is 23.8 Å². The number of hydrogen-bond donors (Lipinski definition) is 1. The third-order valence-corrected chi connectivity index (χ3v) is 4.21. The fourth-order valence-electron chi connectivity index (χ4n) is 1.99. The van der Waals surface area contributed by atoms with Gasteiger partial charge in [0.1, 0.15) is 23.0 Å². The summed E-state index contributed by atoms with van der Waals surface area (Å²) in [4.78, 5) is 24.0. The molecule has 0 aliphatic carbocycles. The predicted molar refractivity (Wildman–Crippen MR) is 95.5 cm³/mol. The number of rotatable bonds is 9. The van der Waals surface area contributed by atoms with E-state index in [9.17, 15) is 9.59 Å². The molecule has 134 valence electrons. The molecule has 1 heterocycles. The maximum atomic E-state index is 11.8. The molecule has 0 bridgehead atoms. The SMILES string of the molecule is CCOc1ccc(OCCNC(=O)COC(=O)c2sccc2C)cc1. The van der Waals surface area contributed by atoms with Crippen molar-refractivity contribution in [2.75, 3.05) is 26.4 Å². The lowest BCUT2D eigenvalue weighted by Gasteiger charge is -2.09. The van der Waals surface area contributed by atoms with E-state index in [1.165, 1.54) is 11.3 Å². The Hall–Kier alpha value is -2.54. The molecule has 1 aromatic carbocycles. The highest BCUT2D eigenvalue weighted by Gasteiger charge is 2.13. The van der Waals surface area contributed by atoms with Gasteiger partial charge in [0.25, 0.3) is 5.91 Å². The van der Waals surface area contributed by atoms with Crippen LogP contribution in [0.3, 0.4) is 0 Å². The van der Waals surface area contributed by atoms with Crippen LogP contribution in [-0.2, 0) is 9.53 Å². The van der Waals surface area contributed by atoms with E-state index in [-0.39, 0.29) is 12.5 Å². The molecule has 0 unspecified atom stereocenters. The maximum Gasteiger partial charge on any atom is 0.349 e. The number of nitrogens with one attached hydrogen (secondary N) is 1. The van der Waals surface area contributed by atoms with Gasteiger partial charge in [0, 0.05) is 0 Å². The fraction of sp³-hybridized carbons (Fsp3) is 0.333. The van der Waals surface area contributed by atoms with Crippen LogP contribution in [0.1, 0.15) is 22.2 Å². The van der Waals surface area contributed by atoms with Gasteiger partial charge in [0.05, 0.1) is 13.2 Å². The van der Waals surface area contributed by atoms with Gasteiger partial charge in [-0.15, -0.1) is 11.3 Å². The summed E-state index contributed by atoms with van der Waals surface area (Å²) in [5.74, 6) is 0.634. The number of hydrogen-bond acceptors (Lipinski definition) is 6. The van der Waals surface area contributed by atoms with Gasteiger partial charge in [-0.3, -0.25) is 4.79 Å². The molecule has 0 atom stereocenters. The molecule has 2 aromatic rings. The van der Waals surface area contributed by atoms with Crippen LogP contribution in [0.5, 0.6) is 11.5 Å². The van der Waals surface area contributed by atoms with Gasteiger partial charge in [-0.1, -0.05) is 0 Å². The van der Waals surface area contributed by atoms with Crippen molar-refractivity contribution in [1.82, 2.24) is 5.32 Å². The van der Waals surface area contributed by atoms with Gasteiger partial charge in [-0.05, 0) is 55.1 Å². The van der Waals surface area contributed by atoms with Crippen LogP contribution in [0.4, 0.5) is 0 Å². The van der Waals surface area contributed by atoms with Crippen molar-refractivity contribution in [3.63, 3.8) is 0 Å². The van der Waals surface area contributed by atoms with E-state index < -0.39 is 5.97 Å². The standard InChI is InChI=1S/C18H21NO5S/c1-3-22-14-4-6-15(7-5-14)23-10-9-19-16(20)12-24-18(21)17-13(2)8-11-25-17/h4-8,11H,3,9-10,12H2,1-2H3,(H,19,20). The molecular weight excluding hydrogens is 342 g/mol. The molecule has 0 saturated heterocycles. The molecule has 0 radical (unpaired) electrons. The average molecular weight is 363 g/mol. The third kappa shape index (κ3) is 6.11. The minimum Gasteiger partial charge on any atom is -0.494 e. The lowest BCUT2D eigenvalue weighted by molar-refractivity contribution is -0.124. The van der Waals surface area contributed by atoms with Crippen LogP contribution < -0.4 is 14.8 Å². The van der Waals surface area contributed by atoms with Crippen LogP contribution in [0.25, 0.3) is 0 Å². The van der Waals surface area contributed by atoms with E-state index in [2.05, 4.69) is 5.32 Å². The summed E-state index contributed by atoms with van der Waals surface area (Å²) in [5, 5.41) is 4.45. The van der Waals surface area contributed by atoms with Crippen LogP contribution in [0, 0.1) is 6.92 Å². The van der Waals surface area contributed by atoms with Gasteiger partial charge < -0.3 is 19.5 Å². The number of amides is 1. The molecule has 7 heteroatoms. The first-order chi connectivity index (χ1) is 12.1. The number of carbonyl (C=O) groups excluding carboxylic acids is 2. The molecule has 0 aliphatic rings. The molecular formula is C18H21NO5S. The van der Waals surface area contributed by atoms with Crippen molar-refractivity contribution in [1.29, 1.82) is 0 Å². The molecule has 0 fully saturated rings. The van der Waals surface area contributed by atoms with E-state index in [0.29, 0.717) is 30.4 Å². The first kappa shape index (κ1) is 18.8. The molecule has 25 heavy (non-hydrogen) atoms. The number of carbonyl (C=O) groups is 2. The zero-order chi connectivity index (χ0) is 18.1. The lowest BCUT2D eigenvalue weighted by Crippen LogP contribution is -2.32. The molecule has 1 N–H and O–H groups in total. The number of benzene rings is 1. The van der Waals surface area contributed by atoms with Crippen molar-refractivity contribution >= 4 is 23.2 Å². The Morgan fingerprint density at radius 2 is 1.76 bits per heavy atom. The highest BCUT2D eigenvalue weighted by Crippen LogP contribution is 2.17. The summed E-state index contributed by atoms with van der Waals surface area (Å²) in [6.07, 6.45) is 0. The van der Waals surface area contributed by atoms with Crippen LogP contribution in [0.2, 0.25) is 0 Å². The van der Waals surface area contributed by atoms with Crippen molar-refractivity contribution in [2.24, 2.45) is 0 Å². The Morgan fingerprint density at radius 3 is 2.36 bits per heavy atom. The van der Waals surface area contributed by atoms with Gasteiger partial charge in [0.15, 0.2) is 6.61 Å². The van der Waals surface area contributed by atoms with Crippen LogP contribution >= 0.6 is 11.3 Å². The van der Waals surface area contributed by atoms with E-state index in [1.807, 2.05) is 37.4 Å². The minimum absolute atomic E-state index is 0.306. The molecule has 2 rings (SSSR count). The predicted octanol–water partition coefficient (Wildman–Crippen LogP) is 2.81. The Labute approximate surface area is 150 Å². The molecule has 0 saturated carbocycles. The third-order valence-electron chi connectivity index (χ3n) is 3.21. The quantitative estimate of drug-likeness (QED) is 0.548. The summed E-state index contributed by atoms with van der Waals surface area (Å²) in [6, 6.07) is 9.09. The average Bonchev–Trinajstić information content (AvgIpc) is 3.04. The summed E-state index contributed by atoms with van der Waals surface area (Å²) >= 11 is 1.30. The van der Waals surface area contributed by atoms with E-state index in [1.54, 1.807) is 12.1 Å². The second kappa shape index (κ2) is 9.68. The van der Waals surface area contributed by atoms with Crippen molar-refractivity contribution in [3.05, 3.63) is 46.2 Å². The Bertz CT molecular complexity index is 696. The smallest absolute Gasteiger partial charge is 0.349 e. The minimum atomic E-state index is -0.478. The largest absolute Gasteiger partial charge is 0.494 e. The molecule has 0 spiro atoms. The first-order valence-electron chi connectivity index (χ1n) is 7.93. The van der Waals surface area contributed by atoms with Crippen LogP contribution in [0.15, 0.2) is 35.7 Å². The Kier molecular flexibility index (Phi) is 7.28. The molecule has 1 amide bonds. The summed E-state index contributed by atoms with van der Waals surface area (Å²) in [7, 11) is 0. The fourth-order valence-corrected chi connectivity index (χ4v) is 2.80. The van der Waals surface area contributed by atoms with Crippen molar-refractivity contribution in [3.8, 4) is 11.5 Å². The lowest BCUT2D eigenvalue weighted by atomic mass is 10.3. The maximum absolute atomic E-state index is 11.8. The summed E-state index contributed by atoms with van der Waals surface area (Å²) in [5.41, 5.74) is 0.846. The second-order valence-corrected chi connectivity index (χ2v) is 6.03. The summed E-state index contributed by atoms with van der Waals surface area (Å²) < 4.78 is 15.8. The number of ether oxygens (including phenoxy) is 3. The zero-order valence-electron chi connectivity index (χ0n) is 14.2. The number of aryl methyl sites for hydroxylation is 1. The zero-order valence-corrected chi connectivity index (χ0v) is 15.1. The second-order valence-electron chi connectivity index (χ2n) is 5.11. The van der Waals surface area contributed by atoms with Crippen molar-refractivity contribution in [2.45, 2.75) is 13.8 Å².